The van der Waals surface area contributed by atoms with Crippen molar-refractivity contribution in [2.24, 2.45) is 4.99 Å². The third-order valence-electron chi connectivity index (χ3n) is 5.19. The molecule has 2 N–H and O–H groups in total. The van der Waals surface area contributed by atoms with Crippen molar-refractivity contribution >= 4 is 5.96 Å². The Morgan fingerprint density at radius 3 is 2.62 bits per heavy atom. The molecule has 1 aliphatic rings. The number of ether oxygens (including phenoxy) is 1. The Balaban J connectivity index is 1.55. The molecule has 0 unspecified atom stereocenters. The highest BCUT2D eigenvalue weighted by molar-refractivity contribution is 5.79. The summed E-state index contributed by atoms with van der Waals surface area (Å²) in [4.78, 5) is 7.22. The molecular weight excluding hydrogens is 364 g/mol. The minimum absolute atomic E-state index is 0.0422. The van der Waals surface area contributed by atoms with Crippen molar-refractivity contribution in [2.45, 2.75) is 39.4 Å². The molecule has 158 valence electrons. The van der Waals surface area contributed by atoms with E-state index >= 15 is 0 Å². The summed E-state index contributed by atoms with van der Waals surface area (Å²) in [6.07, 6.45) is 3.96. The van der Waals surface area contributed by atoms with Gasteiger partial charge in [-0.3, -0.25) is 9.58 Å². The van der Waals surface area contributed by atoms with Crippen LogP contribution in [0.3, 0.4) is 0 Å². The molecule has 0 spiro atoms. The molecule has 0 bridgehead atoms. The Bertz CT molecular complexity index is 765. The van der Waals surface area contributed by atoms with Gasteiger partial charge in [0.05, 0.1) is 32.5 Å². The molecule has 7 nitrogen and oxygen atoms in total. The van der Waals surface area contributed by atoms with Gasteiger partial charge in [-0.15, -0.1) is 0 Å². The van der Waals surface area contributed by atoms with Gasteiger partial charge in [-0.1, -0.05) is 30.3 Å². The lowest BCUT2D eigenvalue weighted by Crippen LogP contribution is -2.56. The monoisotopic (exact) mass is 398 g/mol. The highest BCUT2D eigenvalue weighted by Gasteiger charge is 2.28. The van der Waals surface area contributed by atoms with Gasteiger partial charge in [-0.05, 0) is 26.3 Å². The molecule has 3 rings (SSSR count). The lowest BCUT2D eigenvalue weighted by atomic mass is 10.0. The fourth-order valence-electron chi connectivity index (χ4n) is 3.44. The van der Waals surface area contributed by atoms with E-state index in [2.05, 4.69) is 71.9 Å². The Labute approximate surface area is 174 Å². The van der Waals surface area contributed by atoms with Crippen LogP contribution in [0.1, 0.15) is 31.9 Å². The second-order valence-corrected chi connectivity index (χ2v) is 7.99. The molecule has 1 aliphatic heterocycles. The van der Waals surface area contributed by atoms with E-state index in [0.29, 0.717) is 6.54 Å². The van der Waals surface area contributed by atoms with Gasteiger partial charge in [0, 0.05) is 43.5 Å². The number of hydrogen-bond donors (Lipinski definition) is 2. The molecule has 0 atom stereocenters. The molecule has 0 saturated carbocycles. The Kier molecular flexibility index (Phi) is 7.66. The molecule has 1 aromatic heterocycles. The Hall–Kier alpha value is -2.38. The average molecular weight is 399 g/mol. The maximum atomic E-state index is 5.48. The predicted molar refractivity (Wildman–Crippen MR) is 117 cm³/mol. The van der Waals surface area contributed by atoms with Gasteiger partial charge in [0.2, 0.25) is 0 Å². The fourth-order valence-corrected chi connectivity index (χ4v) is 3.44. The van der Waals surface area contributed by atoms with Crippen molar-refractivity contribution in [3.8, 4) is 0 Å². The van der Waals surface area contributed by atoms with Crippen LogP contribution < -0.4 is 10.6 Å². The number of hydrogen-bond acceptors (Lipinski definition) is 4. The zero-order valence-electron chi connectivity index (χ0n) is 17.9. The first-order valence-electron chi connectivity index (χ1n) is 10.5. The molecule has 0 amide bonds. The largest absolute Gasteiger partial charge is 0.379 e. The lowest BCUT2D eigenvalue weighted by Gasteiger charge is -2.41. The van der Waals surface area contributed by atoms with E-state index in [1.54, 1.807) is 0 Å². The van der Waals surface area contributed by atoms with Crippen molar-refractivity contribution in [3.05, 3.63) is 53.9 Å². The molecule has 29 heavy (non-hydrogen) atoms. The molecule has 0 aliphatic carbocycles. The fraction of sp³-hybridized carbons (Fsp3) is 0.545. The van der Waals surface area contributed by atoms with E-state index in [1.165, 1.54) is 5.56 Å². The summed E-state index contributed by atoms with van der Waals surface area (Å²) in [7, 11) is 0. The smallest absolute Gasteiger partial charge is 0.191 e. The summed E-state index contributed by atoms with van der Waals surface area (Å²) < 4.78 is 7.44. The highest BCUT2D eigenvalue weighted by Crippen LogP contribution is 2.15. The van der Waals surface area contributed by atoms with E-state index in [4.69, 9.17) is 9.73 Å². The number of guanidine groups is 1. The number of aliphatic imine (C=N–C) groups is 1. The standard InChI is InChI=1S/C22H34N6O/c1-4-23-21(25-18-22(2,3)27-10-12-29-13-11-27)24-14-20-15-26-28(17-20)16-19-8-6-5-7-9-19/h5-9,15,17H,4,10-14,16,18H2,1-3H3,(H2,23,24,25). The quantitative estimate of drug-likeness (QED) is 0.527. The van der Waals surface area contributed by atoms with Crippen molar-refractivity contribution in [3.63, 3.8) is 0 Å². The third kappa shape index (κ3) is 6.58. The summed E-state index contributed by atoms with van der Waals surface area (Å²) in [5.74, 6) is 0.838. The first kappa shape index (κ1) is 21.3. The highest BCUT2D eigenvalue weighted by atomic mass is 16.5. The van der Waals surface area contributed by atoms with Gasteiger partial charge in [-0.2, -0.15) is 5.10 Å². The van der Waals surface area contributed by atoms with Crippen LogP contribution in [0.25, 0.3) is 0 Å². The Morgan fingerprint density at radius 1 is 1.14 bits per heavy atom. The van der Waals surface area contributed by atoms with Crippen LogP contribution in [-0.4, -0.2) is 65.6 Å². The average Bonchev–Trinajstić information content (AvgIpc) is 3.19. The topological polar surface area (TPSA) is 66.7 Å². The number of nitrogens with one attached hydrogen (secondary N) is 2. The van der Waals surface area contributed by atoms with E-state index in [9.17, 15) is 0 Å². The molecular formula is C22H34N6O. The molecule has 2 aromatic rings. The van der Waals surface area contributed by atoms with E-state index in [0.717, 1.165) is 57.5 Å². The van der Waals surface area contributed by atoms with Crippen molar-refractivity contribution in [2.75, 3.05) is 39.4 Å². The van der Waals surface area contributed by atoms with Gasteiger partial charge < -0.3 is 15.4 Å². The van der Waals surface area contributed by atoms with Gasteiger partial charge in [-0.25, -0.2) is 4.99 Å². The maximum absolute atomic E-state index is 5.48. The van der Waals surface area contributed by atoms with Crippen LogP contribution in [0.5, 0.6) is 0 Å². The van der Waals surface area contributed by atoms with Crippen LogP contribution in [-0.2, 0) is 17.8 Å². The van der Waals surface area contributed by atoms with Crippen LogP contribution in [0.15, 0.2) is 47.7 Å². The van der Waals surface area contributed by atoms with Crippen molar-refractivity contribution < 1.29 is 4.74 Å². The van der Waals surface area contributed by atoms with E-state index in [-0.39, 0.29) is 5.54 Å². The van der Waals surface area contributed by atoms with Gasteiger partial charge in [0.25, 0.3) is 0 Å². The van der Waals surface area contributed by atoms with Gasteiger partial charge in [0.15, 0.2) is 5.96 Å². The van der Waals surface area contributed by atoms with E-state index in [1.807, 2.05) is 16.9 Å². The first-order chi connectivity index (χ1) is 14.1. The minimum atomic E-state index is 0.0422. The summed E-state index contributed by atoms with van der Waals surface area (Å²) in [6.45, 7) is 13.2. The summed E-state index contributed by atoms with van der Waals surface area (Å²) in [6, 6.07) is 10.4. The second kappa shape index (κ2) is 10.4. The zero-order valence-corrected chi connectivity index (χ0v) is 17.9. The number of morpholine rings is 1. The van der Waals surface area contributed by atoms with E-state index < -0.39 is 0 Å². The number of benzene rings is 1. The third-order valence-corrected chi connectivity index (χ3v) is 5.19. The zero-order chi connectivity index (χ0) is 20.5. The van der Waals surface area contributed by atoms with Crippen LogP contribution in [0.2, 0.25) is 0 Å². The minimum Gasteiger partial charge on any atom is -0.379 e. The second-order valence-electron chi connectivity index (χ2n) is 7.99. The van der Waals surface area contributed by atoms with Crippen molar-refractivity contribution in [1.82, 2.24) is 25.3 Å². The number of aromatic nitrogens is 2. The van der Waals surface area contributed by atoms with Crippen LogP contribution in [0.4, 0.5) is 0 Å². The first-order valence-corrected chi connectivity index (χ1v) is 10.5. The Morgan fingerprint density at radius 2 is 1.90 bits per heavy atom. The van der Waals surface area contributed by atoms with Gasteiger partial charge >= 0.3 is 0 Å². The molecule has 2 heterocycles. The summed E-state index contributed by atoms with van der Waals surface area (Å²) in [5, 5.41) is 11.3. The van der Waals surface area contributed by atoms with Crippen LogP contribution in [0, 0.1) is 0 Å². The molecule has 1 fully saturated rings. The van der Waals surface area contributed by atoms with Crippen LogP contribution >= 0.6 is 0 Å². The molecule has 1 saturated heterocycles. The van der Waals surface area contributed by atoms with Crippen molar-refractivity contribution in [1.29, 1.82) is 0 Å². The molecule has 7 heteroatoms. The predicted octanol–water partition coefficient (Wildman–Crippen LogP) is 2.10. The SMILES string of the molecule is CCNC(=NCc1cnn(Cc2ccccc2)c1)NCC(C)(C)N1CCOCC1. The number of rotatable bonds is 8. The molecule has 0 radical (unpaired) electrons. The maximum Gasteiger partial charge on any atom is 0.191 e. The number of nitrogens with zero attached hydrogens (tertiary/aromatic N) is 4. The lowest BCUT2D eigenvalue weighted by molar-refractivity contribution is -0.00834. The summed E-state index contributed by atoms with van der Waals surface area (Å²) >= 11 is 0. The summed E-state index contributed by atoms with van der Waals surface area (Å²) in [5.41, 5.74) is 2.39. The van der Waals surface area contributed by atoms with Gasteiger partial charge in [0.1, 0.15) is 0 Å². The normalized spacial score (nSPS) is 16.0. The molecule has 1 aromatic carbocycles.